The first-order chi connectivity index (χ1) is 9.76. The predicted octanol–water partition coefficient (Wildman–Crippen LogP) is 2.02. The molecule has 120 valence electrons. The number of nitrogens with one attached hydrogen (secondary N) is 1. The van der Waals surface area contributed by atoms with Crippen LogP contribution in [0.4, 0.5) is 0 Å². The zero-order chi connectivity index (χ0) is 14.6. The van der Waals surface area contributed by atoms with Gasteiger partial charge in [0.15, 0.2) is 0 Å². The highest BCUT2D eigenvalue weighted by molar-refractivity contribution is 4.67. The van der Waals surface area contributed by atoms with Crippen molar-refractivity contribution in [2.75, 3.05) is 39.3 Å². The van der Waals surface area contributed by atoms with Gasteiger partial charge < -0.3 is 20.1 Å². The Morgan fingerprint density at radius 3 is 2.60 bits per heavy atom. The summed E-state index contributed by atoms with van der Waals surface area (Å²) in [4.78, 5) is 2.43. The Morgan fingerprint density at radius 2 is 1.95 bits per heavy atom. The summed E-state index contributed by atoms with van der Waals surface area (Å²) in [5.74, 6) is 0. The molecule has 0 aliphatic heterocycles. The molecule has 0 amide bonds. The lowest BCUT2D eigenvalue weighted by atomic mass is 9.98. The second-order valence-electron chi connectivity index (χ2n) is 5.89. The Morgan fingerprint density at radius 1 is 1.20 bits per heavy atom. The van der Waals surface area contributed by atoms with Crippen LogP contribution in [0.15, 0.2) is 0 Å². The minimum absolute atomic E-state index is 0.377. The molecule has 0 radical (unpaired) electrons. The zero-order valence-corrected chi connectivity index (χ0v) is 13.4. The highest BCUT2D eigenvalue weighted by atomic mass is 16.5. The molecule has 1 atom stereocenters. The van der Waals surface area contributed by atoms with Crippen molar-refractivity contribution in [3.63, 3.8) is 0 Å². The van der Waals surface area contributed by atoms with Crippen molar-refractivity contribution in [1.29, 1.82) is 0 Å². The second kappa shape index (κ2) is 11.5. The molecule has 1 saturated carbocycles. The highest BCUT2D eigenvalue weighted by Gasteiger charge is 2.15. The lowest BCUT2D eigenvalue weighted by molar-refractivity contribution is -0.0230. The van der Waals surface area contributed by atoms with Crippen molar-refractivity contribution in [2.45, 2.75) is 64.6 Å². The van der Waals surface area contributed by atoms with Gasteiger partial charge in [0.25, 0.3) is 0 Å². The summed E-state index contributed by atoms with van der Waals surface area (Å²) in [6, 6.07) is 0. The number of aliphatic hydroxyl groups is 1. The molecule has 20 heavy (non-hydrogen) atoms. The summed E-state index contributed by atoms with van der Waals surface area (Å²) in [5, 5.41) is 13.2. The molecule has 0 heterocycles. The van der Waals surface area contributed by atoms with E-state index >= 15 is 0 Å². The maximum absolute atomic E-state index is 9.90. The first-order valence-electron chi connectivity index (χ1n) is 8.49. The standard InChI is InChI=1S/C16H34N2O2/c1-3-11-18(4-2)12-10-17-13-15(19)14-20-16-8-6-5-7-9-16/h15-17,19H,3-14H2,1-2H3. The molecular formula is C16H34N2O2. The van der Waals surface area contributed by atoms with Crippen molar-refractivity contribution >= 4 is 0 Å². The third kappa shape index (κ3) is 8.20. The van der Waals surface area contributed by atoms with Gasteiger partial charge in [-0.3, -0.25) is 0 Å². The first kappa shape index (κ1) is 17.9. The fourth-order valence-electron chi connectivity index (χ4n) is 2.79. The van der Waals surface area contributed by atoms with E-state index in [0.29, 0.717) is 19.3 Å². The van der Waals surface area contributed by atoms with Gasteiger partial charge in [0, 0.05) is 19.6 Å². The van der Waals surface area contributed by atoms with Gasteiger partial charge in [0.2, 0.25) is 0 Å². The number of aliphatic hydroxyl groups excluding tert-OH is 1. The fourth-order valence-corrected chi connectivity index (χ4v) is 2.79. The maximum atomic E-state index is 9.90. The zero-order valence-electron chi connectivity index (χ0n) is 13.4. The van der Waals surface area contributed by atoms with Gasteiger partial charge >= 0.3 is 0 Å². The average molecular weight is 286 g/mol. The van der Waals surface area contributed by atoms with Crippen LogP contribution in [0.5, 0.6) is 0 Å². The van der Waals surface area contributed by atoms with Crippen LogP contribution < -0.4 is 5.32 Å². The lowest BCUT2D eigenvalue weighted by Gasteiger charge is -2.24. The van der Waals surface area contributed by atoms with Crippen LogP contribution in [-0.2, 0) is 4.74 Å². The maximum Gasteiger partial charge on any atom is 0.0897 e. The van der Waals surface area contributed by atoms with Crippen molar-refractivity contribution in [3.05, 3.63) is 0 Å². The van der Waals surface area contributed by atoms with Crippen LogP contribution in [0, 0.1) is 0 Å². The molecule has 1 fully saturated rings. The van der Waals surface area contributed by atoms with Crippen molar-refractivity contribution in [3.8, 4) is 0 Å². The van der Waals surface area contributed by atoms with Crippen molar-refractivity contribution in [1.82, 2.24) is 10.2 Å². The minimum atomic E-state index is -0.377. The van der Waals surface area contributed by atoms with E-state index in [1.807, 2.05) is 0 Å². The molecule has 1 aliphatic carbocycles. The van der Waals surface area contributed by atoms with Gasteiger partial charge in [-0.05, 0) is 32.4 Å². The Balaban J connectivity index is 1.97. The van der Waals surface area contributed by atoms with E-state index < -0.39 is 0 Å². The Bertz CT molecular complexity index is 221. The molecule has 1 rings (SSSR count). The number of hydrogen-bond donors (Lipinski definition) is 2. The largest absolute Gasteiger partial charge is 0.389 e. The minimum Gasteiger partial charge on any atom is -0.389 e. The van der Waals surface area contributed by atoms with Gasteiger partial charge in [-0.15, -0.1) is 0 Å². The lowest BCUT2D eigenvalue weighted by Crippen LogP contribution is -2.37. The SMILES string of the molecule is CCCN(CC)CCNCC(O)COC1CCCCC1. The topological polar surface area (TPSA) is 44.7 Å². The average Bonchev–Trinajstić information content (AvgIpc) is 2.49. The van der Waals surface area contributed by atoms with E-state index in [0.717, 1.165) is 26.2 Å². The third-order valence-electron chi connectivity index (χ3n) is 4.05. The number of ether oxygens (including phenoxy) is 1. The van der Waals surface area contributed by atoms with E-state index in [9.17, 15) is 5.11 Å². The summed E-state index contributed by atoms with van der Waals surface area (Å²) >= 11 is 0. The number of likely N-dealkylation sites (N-methyl/N-ethyl adjacent to an activating group) is 1. The molecule has 0 saturated heterocycles. The van der Waals surface area contributed by atoms with Crippen LogP contribution in [0.25, 0.3) is 0 Å². The van der Waals surface area contributed by atoms with E-state index in [1.54, 1.807) is 0 Å². The molecule has 1 unspecified atom stereocenters. The Kier molecular flexibility index (Phi) is 10.3. The summed E-state index contributed by atoms with van der Waals surface area (Å²) in [6.45, 7) is 9.77. The van der Waals surface area contributed by atoms with E-state index in [-0.39, 0.29) is 6.10 Å². The number of hydrogen-bond acceptors (Lipinski definition) is 4. The molecular weight excluding hydrogens is 252 g/mol. The summed E-state index contributed by atoms with van der Waals surface area (Å²) in [7, 11) is 0. The molecule has 0 spiro atoms. The molecule has 1 aliphatic rings. The van der Waals surface area contributed by atoms with Gasteiger partial charge in [-0.25, -0.2) is 0 Å². The molecule has 0 aromatic heterocycles. The first-order valence-corrected chi connectivity index (χ1v) is 8.49. The number of nitrogens with zero attached hydrogens (tertiary/aromatic N) is 1. The molecule has 0 aromatic rings. The van der Waals surface area contributed by atoms with Crippen LogP contribution in [0.2, 0.25) is 0 Å². The number of rotatable bonds is 11. The summed E-state index contributed by atoms with van der Waals surface area (Å²) < 4.78 is 5.78. The van der Waals surface area contributed by atoms with Gasteiger partial charge in [0.1, 0.15) is 0 Å². The summed E-state index contributed by atoms with van der Waals surface area (Å²) in [6.07, 6.45) is 7.45. The highest BCUT2D eigenvalue weighted by Crippen LogP contribution is 2.20. The predicted molar refractivity (Wildman–Crippen MR) is 84.1 cm³/mol. The summed E-state index contributed by atoms with van der Waals surface area (Å²) in [5.41, 5.74) is 0. The molecule has 2 N–H and O–H groups in total. The van der Waals surface area contributed by atoms with Crippen LogP contribution >= 0.6 is 0 Å². The van der Waals surface area contributed by atoms with Gasteiger partial charge in [0.05, 0.1) is 18.8 Å². The van der Waals surface area contributed by atoms with Crippen molar-refractivity contribution in [2.24, 2.45) is 0 Å². The van der Waals surface area contributed by atoms with Gasteiger partial charge in [-0.1, -0.05) is 33.1 Å². The Hall–Kier alpha value is -0.160. The van der Waals surface area contributed by atoms with Crippen molar-refractivity contribution < 1.29 is 9.84 Å². The normalized spacial score (nSPS) is 18.6. The third-order valence-corrected chi connectivity index (χ3v) is 4.05. The molecule has 4 nitrogen and oxygen atoms in total. The molecule has 0 bridgehead atoms. The van der Waals surface area contributed by atoms with E-state index in [1.165, 1.54) is 38.5 Å². The molecule has 4 heteroatoms. The van der Waals surface area contributed by atoms with Gasteiger partial charge in [-0.2, -0.15) is 0 Å². The van der Waals surface area contributed by atoms with E-state index in [4.69, 9.17) is 4.74 Å². The molecule has 0 aromatic carbocycles. The van der Waals surface area contributed by atoms with Crippen LogP contribution in [0.3, 0.4) is 0 Å². The fraction of sp³-hybridized carbons (Fsp3) is 1.00. The van der Waals surface area contributed by atoms with E-state index in [2.05, 4.69) is 24.1 Å². The van der Waals surface area contributed by atoms with Crippen LogP contribution in [-0.4, -0.2) is 61.5 Å². The van der Waals surface area contributed by atoms with Crippen LogP contribution in [0.1, 0.15) is 52.4 Å². The second-order valence-corrected chi connectivity index (χ2v) is 5.89. The Labute approximate surface area is 124 Å². The quantitative estimate of drug-likeness (QED) is 0.570. The smallest absolute Gasteiger partial charge is 0.0897 e. The monoisotopic (exact) mass is 286 g/mol.